The van der Waals surface area contributed by atoms with E-state index in [1.807, 2.05) is 6.92 Å². The van der Waals surface area contributed by atoms with E-state index in [9.17, 15) is 16.8 Å². The Kier molecular flexibility index (Phi) is 4.60. The lowest BCUT2D eigenvalue weighted by molar-refractivity contribution is 0.281. The number of nitrogens with zero attached hydrogens (tertiary/aromatic N) is 1. The zero-order valence-corrected chi connectivity index (χ0v) is 13.7. The Morgan fingerprint density at radius 1 is 1.14 bits per heavy atom. The van der Waals surface area contributed by atoms with Crippen molar-refractivity contribution < 1.29 is 16.8 Å². The first-order valence-corrected chi connectivity index (χ1v) is 10.1. The van der Waals surface area contributed by atoms with E-state index in [0.717, 1.165) is 19.1 Å². The molecule has 118 valence electrons. The van der Waals surface area contributed by atoms with Crippen molar-refractivity contribution in [2.75, 3.05) is 24.1 Å². The molecule has 0 spiro atoms. The molecular formula is C13H20N2O4S2. The van der Waals surface area contributed by atoms with Crippen LogP contribution in [0.5, 0.6) is 0 Å². The molecule has 0 radical (unpaired) electrons. The van der Waals surface area contributed by atoms with Crippen molar-refractivity contribution in [3.05, 3.63) is 24.3 Å². The van der Waals surface area contributed by atoms with E-state index in [1.54, 1.807) is 0 Å². The number of rotatable bonds is 4. The SMILES string of the molecule is C[C@@H]1CCCN(S(=O)(=O)c2ccc(NS(C)(=O)=O)cc2)C1. The molecule has 2 rings (SSSR count). The fraction of sp³-hybridized carbons (Fsp3) is 0.538. The number of sulfonamides is 2. The summed E-state index contributed by atoms with van der Waals surface area (Å²) in [6.45, 7) is 3.11. The maximum Gasteiger partial charge on any atom is 0.243 e. The summed E-state index contributed by atoms with van der Waals surface area (Å²) in [6.07, 6.45) is 2.96. The quantitative estimate of drug-likeness (QED) is 0.905. The fourth-order valence-corrected chi connectivity index (χ4v) is 4.59. The van der Waals surface area contributed by atoms with Gasteiger partial charge in [-0.05, 0) is 43.0 Å². The Morgan fingerprint density at radius 2 is 1.76 bits per heavy atom. The third-order valence-corrected chi connectivity index (χ3v) is 5.90. The molecule has 1 fully saturated rings. The second kappa shape index (κ2) is 5.94. The zero-order valence-electron chi connectivity index (χ0n) is 12.1. The van der Waals surface area contributed by atoms with Crippen LogP contribution in [0.4, 0.5) is 5.69 Å². The van der Waals surface area contributed by atoms with Crippen LogP contribution in [0.1, 0.15) is 19.8 Å². The van der Waals surface area contributed by atoms with Crippen molar-refractivity contribution in [3.8, 4) is 0 Å². The van der Waals surface area contributed by atoms with Gasteiger partial charge in [0.05, 0.1) is 11.2 Å². The van der Waals surface area contributed by atoms with Gasteiger partial charge in [0.15, 0.2) is 0 Å². The number of anilines is 1. The summed E-state index contributed by atoms with van der Waals surface area (Å²) in [5, 5.41) is 0. The van der Waals surface area contributed by atoms with Crippen LogP contribution in [0.2, 0.25) is 0 Å². The van der Waals surface area contributed by atoms with E-state index in [-0.39, 0.29) is 4.90 Å². The van der Waals surface area contributed by atoms with Gasteiger partial charge in [0.1, 0.15) is 0 Å². The number of benzene rings is 1. The third-order valence-electron chi connectivity index (χ3n) is 3.42. The van der Waals surface area contributed by atoms with E-state index >= 15 is 0 Å². The average molecular weight is 332 g/mol. The molecule has 0 aromatic heterocycles. The molecule has 1 aromatic rings. The fourth-order valence-electron chi connectivity index (χ4n) is 2.42. The molecule has 1 aromatic carbocycles. The normalized spacial score (nSPS) is 21.1. The molecular weight excluding hydrogens is 312 g/mol. The van der Waals surface area contributed by atoms with Crippen molar-refractivity contribution in [3.63, 3.8) is 0 Å². The standard InChI is InChI=1S/C13H20N2O4S2/c1-11-4-3-9-15(10-11)21(18,19)13-7-5-12(6-8-13)14-20(2,16)17/h5-8,11,14H,3-4,9-10H2,1-2H3/t11-/m1/s1. The second-order valence-corrected chi connectivity index (χ2v) is 9.20. The molecule has 1 heterocycles. The summed E-state index contributed by atoms with van der Waals surface area (Å²) >= 11 is 0. The van der Waals surface area contributed by atoms with E-state index in [4.69, 9.17) is 0 Å². The molecule has 1 aliphatic rings. The molecule has 1 atom stereocenters. The lowest BCUT2D eigenvalue weighted by Crippen LogP contribution is -2.39. The summed E-state index contributed by atoms with van der Waals surface area (Å²) in [6, 6.07) is 5.78. The third kappa shape index (κ3) is 4.18. The van der Waals surface area contributed by atoms with Crippen LogP contribution >= 0.6 is 0 Å². The van der Waals surface area contributed by atoms with E-state index < -0.39 is 20.0 Å². The molecule has 21 heavy (non-hydrogen) atoms. The molecule has 1 N–H and O–H groups in total. The number of nitrogens with one attached hydrogen (secondary N) is 1. The minimum absolute atomic E-state index is 0.190. The van der Waals surface area contributed by atoms with Crippen LogP contribution in [0, 0.1) is 5.92 Å². The average Bonchev–Trinajstić information content (AvgIpc) is 2.37. The summed E-state index contributed by atoms with van der Waals surface area (Å²) in [5.41, 5.74) is 0.350. The summed E-state index contributed by atoms with van der Waals surface area (Å²) in [5.74, 6) is 0.361. The van der Waals surface area contributed by atoms with Crippen molar-refractivity contribution in [1.29, 1.82) is 0 Å². The molecule has 8 heteroatoms. The molecule has 0 bridgehead atoms. The molecule has 0 amide bonds. The first kappa shape index (κ1) is 16.3. The molecule has 6 nitrogen and oxygen atoms in total. The van der Waals surface area contributed by atoms with Gasteiger partial charge in [-0.3, -0.25) is 4.72 Å². The van der Waals surface area contributed by atoms with E-state index in [1.165, 1.54) is 28.6 Å². The molecule has 1 saturated heterocycles. The maximum absolute atomic E-state index is 12.5. The van der Waals surface area contributed by atoms with Crippen molar-refractivity contribution in [2.24, 2.45) is 5.92 Å². The van der Waals surface area contributed by atoms with Crippen LogP contribution in [-0.2, 0) is 20.0 Å². The molecule has 0 aliphatic carbocycles. The first-order chi connectivity index (χ1) is 9.68. The van der Waals surface area contributed by atoms with Gasteiger partial charge < -0.3 is 0 Å². The molecule has 0 unspecified atom stereocenters. The van der Waals surface area contributed by atoms with Gasteiger partial charge >= 0.3 is 0 Å². The van der Waals surface area contributed by atoms with E-state index in [2.05, 4.69) is 4.72 Å². The second-order valence-electron chi connectivity index (χ2n) is 5.51. The summed E-state index contributed by atoms with van der Waals surface area (Å²) in [4.78, 5) is 0.190. The zero-order chi connectivity index (χ0) is 15.7. The van der Waals surface area contributed by atoms with Gasteiger partial charge in [-0.1, -0.05) is 6.92 Å². The van der Waals surface area contributed by atoms with Crippen LogP contribution in [0.15, 0.2) is 29.2 Å². The van der Waals surface area contributed by atoms with Crippen LogP contribution < -0.4 is 4.72 Å². The number of piperidine rings is 1. The predicted molar refractivity (Wildman–Crippen MR) is 82.1 cm³/mol. The van der Waals surface area contributed by atoms with Gasteiger partial charge in [-0.15, -0.1) is 0 Å². The first-order valence-electron chi connectivity index (χ1n) is 6.76. The molecule has 0 saturated carbocycles. The van der Waals surface area contributed by atoms with Gasteiger partial charge in [-0.2, -0.15) is 4.31 Å². The largest absolute Gasteiger partial charge is 0.284 e. The number of hydrogen-bond donors (Lipinski definition) is 1. The highest BCUT2D eigenvalue weighted by molar-refractivity contribution is 7.92. The van der Waals surface area contributed by atoms with E-state index in [0.29, 0.717) is 24.7 Å². The van der Waals surface area contributed by atoms with Gasteiger partial charge in [0.2, 0.25) is 20.0 Å². The van der Waals surface area contributed by atoms with Crippen LogP contribution in [-0.4, -0.2) is 40.5 Å². The highest BCUT2D eigenvalue weighted by Crippen LogP contribution is 2.24. The summed E-state index contributed by atoms with van der Waals surface area (Å²) < 4.78 is 51.1. The topological polar surface area (TPSA) is 83.6 Å². The predicted octanol–water partition coefficient (Wildman–Crippen LogP) is 1.48. The monoisotopic (exact) mass is 332 g/mol. The van der Waals surface area contributed by atoms with Crippen molar-refractivity contribution >= 4 is 25.7 Å². The van der Waals surface area contributed by atoms with Crippen LogP contribution in [0.25, 0.3) is 0 Å². The minimum atomic E-state index is -3.50. The number of hydrogen-bond acceptors (Lipinski definition) is 4. The minimum Gasteiger partial charge on any atom is -0.284 e. The Morgan fingerprint density at radius 3 is 2.29 bits per heavy atom. The maximum atomic E-state index is 12.5. The van der Waals surface area contributed by atoms with Gasteiger partial charge in [0, 0.05) is 18.8 Å². The van der Waals surface area contributed by atoms with Crippen molar-refractivity contribution in [2.45, 2.75) is 24.7 Å². The van der Waals surface area contributed by atoms with Gasteiger partial charge in [0.25, 0.3) is 0 Å². The highest BCUT2D eigenvalue weighted by atomic mass is 32.2. The Labute approximate surface area is 126 Å². The van der Waals surface area contributed by atoms with Gasteiger partial charge in [-0.25, -0.2) is 16.8 Å². The Balaban J connectivity index is 2.21. The van der Waals surface area contributed by atoms with Crippen molar-refractivity contribution in [1.82, 2.24) is 4.31 Å². The Bertz CT molecular complexity index is 696. The summed E-state index contributed by atoms with van der Waals surface area (Å²) in [7, 11) is -6.86. The lowest BCUT2D eigenvalue weighted by Gasteiger charge is -2.30. The molecule has 1 aliphatic heterocycles. The lowest BCUT2D eigenvalue weighted by atomic mass is 10.0. The van der Waals surface area contributed by atoms with Crippen LogP contribution in [0.3, 0.4) is 0 Å². The smallest absolute Gasteiger partial charge is 0.243 e. The Hall–Kier alpha value is -1.12. The highest BCUT2D eigenvalue weighted by Gasteiger charge is 2.28.